The zero-order valence-electron chi connectivity index (χ0n) is 14.0. The Labute approximate surface area is 145 Å². The average molecular weight is 347 g/mol. The zero-order valence-corrected chi connectivity index (χ0v) is 14.0. The molecule has 1 saturated heterocycles. The molecule has 1 aromatic rings. The van der Waals surface area contributed by atoms with E-state index < -0.39 is 11.0 Å². The SMILES string of the molecule is CCOC(=O)NC1CCCN(C(=O)C=Cc2cccc([N+](=O)[O-])c2)C1. The van der Waals surface area contributed by atoms with Gasteiger partial charge in [0.2, 0.25) is 5.91 Å². The van der Waals surface area contributed by atoms with Crippen molar-refractivity contribution < 1.29 is 19.2 Å². The number of carbonyl (C=O) groups excluding carboxylic acids is 2. The number of ether oxygens (including phenoxy) is 1. The first-order chi connectivity index (χ1) is 12.0. The fourth-order valence-electron chi connectivity index (χ4n) is 2.65. The molecular formula is C17H21N3O5. The van der Waals surface area contributed by atoms with E-state index in [4.69, 9.17) is 4.74 Å². The van der Waals surface area contributed by atoms with Crippen LogP contribution in [0.2, 0.25) is 0 Å². The van der Waals surface area contributed by atoms with Crippen molar-refractivity contribution in [3.05, 3.63) is 46.0 Å². The fraction of sp³-hybridized carbons (Fsp3) is 0.412. The standard InChI is InChI=1S/C17H21N3O5/c1-2-25-17(22)18-14-6-4-10-19(12-14)16(21)9-8-13-5-3-7-15(11-13)20(23)24/h3,5,7-9,11,14H,2,4,6,10,12H2,1H3,(H,18,22). The molecule has 8 nitrogen and oxygen atoms in total. The smallest absolute Gasteiger partial charge is 0.407 e. The third-order valence-electron chi connectivity index (χ3n) is 3.83. The lowest BCUT2D eigenvalue weighted by atomic mass is 10.1. The Bertz CT molecular complexity index is 674. The van der Waals surface area contributed by atoms with E-state index in [0.29, 0.717) is 25.3 Å². The number of nitrogens with zero attached hydrogens (tertiary/aromatic N) is 2. The van der Waals surface area contributed by atoms with Crippen LogP contribution in [-0.4, -0.2) is 47.6 Å². The maximum Gasteiger partial charge on any atom is 0.407 e. The zero-order chi connectivity index (χ0) is 18.2. The minimum atomic E-state index is -0.478. The van der Waals surface area contributed by atoms with E-state index in [2.05, 4.69) is 5.32 Å². The Morgan fingerprint density at radius 2 is 2.28 bits per heavy atom. The molecule has 134 valence electrons. The molecule has 0 radical (unpaired) electrons. The number of alkyl carbamates (subject to hydrolysis) is 1. The highest BCUT2D eigenvalue weighted by atomic mass is 16.6. The summed E-state index contributed by atoms with van der Waals surface area (Å²) in [6.45, 7) is 3.05. The largest absolute Gasteiger partial charge is 0.450 e. The molecule has 1 unspecified atom stereocenters. The maximum atomic E-state index is 12.3. The Balaban J connectivity index is 1.94. The first kappa shape index (κ1) is 18.4. The molecule has 1 aliphatic rings. The van der Waals surface area contributed by atoms with Gasteiger partial charge in [-0.1, -0.05) is 12.1 Å². The molecule has 0 saturated carbocycles. The molecule has 2 amide bonds. The van der Waals surface area contributed by atoms with Gasteiger partial charge in [-0.25, -0.2) is 4.79 Å². The number of non-ortho nitro benzene ring substituents is 1. The van der Waals surface area contributed by atoms with Gasteiger partial charge in [-0.3, -0.25) is 14.9 Å². The van der Waals surface area contributed by atoms with Crippen molar-refractivity contribution in [2.24, 2.45) is 0 Å². The van der Waals surface area contributed by atoms with Crippen LogP contribution in [0.1, 0.15) is 25.3 Å². The van der Waals surface area contributed by atoms with Gasteiger partial charge in [0.1, 0.15) is 0 Å². The number of nitro groups is 1. The predicted molar refractivity (Wildman–Crippen MR) is 91.9 cm³/mol. The molecule has 0 aromatic heterocycles. The summed E-state index contributed by atoms with van der Waals surface area (Å²) in [5.41, 5.74) is 0.562. The molecule has 1 aromatic carbocycles. The van der Waals surface area contributed by atoms with Gasteiger partial charge >= 0.3 is 6.09 Å². The van der Waals surface area contributed by atoms with Crippen molar-refractivity contribution >= 4 is 23.8 Å². The molecule has 1 fully saturated rings. The molecule has 2 rings (SSSR count). The fourth-order valence-corrected chi connectivity index (χ4v) is 2.65. The van der Waals surface area contributed by atoms with Crippen LogP contribution in [0, 0.1) is 10.1 Å². The maximum absolute atomic E-state index is 12.3. The summed E-state index contributed by atoms with van der Waals surface area (Å²) >= 11 is 0. The van der Waals surface area contributed by atoms with Gasteiger partial charge in [0.25, 0.3) is 5.69 Å². The third kappa shape index (κ3) is 5.59. The highest BCUT2D eigenvalue weighted by Gasteiger charge is 2.23. The summed E-state index contributed by atoms with van der Waals surface area (Å²) in [5, 5.41) is 13.5. The minimum absolute atomic E-state index is 0.0220. The van der Waals surface area contributed by atoms with E-state index >= 15 is 0 Å². The monoisotopic (exact) mass is 347 g/mol. The van der Waals surface area contributed by atoms with Crippen LogP contribution in [-0.2, 0) is 9.53 Å². The van der Waals surface area contributed by atoms with E-state index in [-0.39, 0.29) is 17.6 Å². The second-order valence-corrected chi connectivity index (χ2v) is 5.67. The lowest BCUT2D eigenvalue weighted by Gasteiger charge is -2.32. The van der Waals surface area contributed by atoms with Crippen LogP contribution in [0.3, 0.4) is 0 Å². The number of carbonyl (C=O) groups is 2. The van der Waals surface area contributed by atoms with E-state index in [1.54, 1.807) is 30.0 Å². The van der Waals surface area contributed by atoms with Gasteiger partial charge in [-0.2, -0.15) is 0 Å². The summed E-state index contributed by atoms with van der Waals surface area (Å²) in [4.78, 5) is 35.7. The highest BCUT2D eigenvalue weighted by molar-refractivity contribution is 5.92. The lowest BCUT2D eigenvalue weighted by Crippen LogP contribution is -2.49. The number of benzene rings is 1. The van der Waals surface area contributed by atoms with Gasteiger partial charge in [0.05, 0.1) is 11.5 Å². The van der Waals surface area contributed by atoms with E-state index in [1.165, 1.54) is 18.2 Å². The molecule has 8 heteroatoms. The Kier molecular flexibility index (Phi) is 6.50. The summed E-state index contributed by atoms with van der Waals surface area (Å²) < 4.78 is 4.85. The van der Waals surface area contributed by atoms with Crippen LogP contribution >= 0.6 is 0 Å². The van der Waals surface area contributed by atoms with Crippen molar-refractivity contribution in [1.82, 2.24) is 10.2 Å². The normalized spacial score (nSPS) is 17.3. The molecule has 1 atom stereocenters. The van der Waals surface area contributed by atoms with Crippen LogP contribution in [0.25, 0.3) is 6.08 Å². The number of hydrogen-bond acceptors (Lipinski definition) is 5. The minimum Gasteiger partial charge on any atom is -0.450 e. The van der Waals surface area contributed by atoms with Crippen molar-refractivity contribution in [2.75, 3.05) is 19.7 Å². The topological polar surface area (TPSA) is 102 Å². The third-order valence-corrected chi connectivity index (χ3v) is 3.83. The van der Waals surface area contributed by atoms with E-state index in [1.807, 2.05) is 0 Å². The van der Waals surface area contributed by atoms with Crippen molar-refractivity contribution in [3.8, 4) is 0 Å². The number of amides is 2. The number of piperidine rings is 1. The number of nitro benzene ring substituents is 1. The molecule has 0 bridgehead atoms. The quantitative estimate of drug-likeness (QED) is 0.500. The average Bonchev–Trinajstić information content (AvgIpc) is 2.60. The summed E-state index contributed by atoms with van der Waals surface area (Å²) in [6.07, 6.45) is 4.04. The second kappa shape index (κ2) is 8.81. The highest BCUT2D eigenvalue weighted by Crippen LogP contribution is 2.15. The second-order valence-electron chi connectivity index (χ2n) is 5.67. The molecule has 1 aliphatic heterocycles. The van der Waals surface area contributed by atoms with Crippen LogP contribution in [0.4, 0.5) is 10.5 Å². The van der Waals surface area contributed by atoms with Crippen molar-refractivity contribution in [3.63, 3.8) is 0 Å². The van der Waals surface area contributed by atoms with Gasteiger partial charge < -0.3 is 15.0 Å². The Hall–Kier alpha value is -2.90. The van der Waals surface area contributed by atoms with Crippen LogP contribution in [0.5, 0.6) is 0 Å². The van der Waals surface area contributed by atoms with Gasteiger partial charge in [-0.05, 0) is 31.4 Å². The van der Waals surface area contributed by atoms with E-state index in [9.17, 15) is 19.7 Å². The number of likely N-dealkylation sites (tertiary alicyclic amines) is 1. The molecule has 25 heavy (non-hydrogen) atoms. The van der Waals surface area contributed by atoms with Crippen molar-refractivity contribution in [2.45, 2.75) is 25.8 Å². The molecular weight excluding hydrogens is 326 g/mol. The number of nitrogens with one attached hydrogen (secondary N) is 1. The first-order valence-corrected chi connectivity index (χ1v) is 8.14. The van der Waals surface area contributed by atoms with Gasteiger partial charge in [-0.15, -0.1) is 0 Å². The predicted octanol–water partition coefficient (Wildman–Crippen LogP) is 2.35. The summed E-state index contributed by atoms with van der Waals surface area (Å²) in [5.74, 6) is -0.193. The Morgan fingerprint density at radius 1 is 1.48 bits per heavy atom. The Morgan fingerprint density at radius 3 is 3.00 bits per heavy atom. The van der Waals surface area contributed by atoms with Crippen LogP contribution in [0.15, 0.2) is 30.3 Å². The van der Waals surface area contributed by atoms with Gasteiger partial charge in [0, 0.05) is 37.3 Å². The van der Waals surface area contributed by atoms with Crippen molar-refractivity contribution in [1.29, 1.82) is 0 Å². The first-order valence-electron chi connectivity index (χ1n) is 8.14. The summed E-state index contributed by atoms with van der Waals surface area (Å²) in [7, 11) is 0. The molecule has 0 aliphatic carbocycles. The lowest BCUT2D eigenvalue weighted by molar-refractivity contribution is -0.384. The number of hydrogen-bond donors (Lipinski definition) is 1. The number of rotatable bonds is 5. The molecule has 1 N–H and O–H groups in total. The molecule has 0 spiro atoms. The molecule has 1 heterocycles. The van der Waals surface area contributed by atoms with E-state index in [0.717, 1.165) is 12.8 Å². The van der Waals surface area contributed by atoms with Gasteiger partial charge in [0.15, 0.2) is 0 Å². The van der Waals surface area contributed by atoms with Crippen LogP contribution < -0.4 is 5.32 Å². The summed E-state index contributed by atoms with van der Waals surface area (Å²) in [6, 6.07) is 5.93.